The van der Waals surface area contributed by atoms with E-state index in [2.05, 4.69) is 26.1 Å². The Hall–Kier alpha value is -0.120. The van der Waals surface area contributed by atoms with Gasteiger partial charge in [0.1, 0.15) is 6.23 Å². The van der Waals surface area contributed by atoms with Crippen LogP contribution in [0.5, 0.6) is 0 Å². The number of rotatable bonds is 21. The van der Waals surface area contributed by atoms with Crippen LogP contribution in [-0.4, -0.2) is 30.6 Å². The first kappa shape index (κ1) is 26.9. The first-order valence-electron chi connectivity index (χ1n) is 12.1. The Balaban J connectivity index is 3.43. The molecule has 0 bridgehead atoms. The van der Waals surface area contributed by atoms with Crippen molar-refractivity contribution in [3.63, 3.8) is 0 Å². The van der Waals surface area contributed by atoms with Crippen LogP contribution < -0.4 is 5.32 Å². The summed E-state index contributed by atoms with van der Waals surface area (Å²) >= 11 is 0. The van der Waals surface area contributed by atoms with E-state index in [0.717, 1.165) is 25.5 Å². The molecule has 27 heavy (non-hydrogen) atoms. The minimum atomic E-state index is -0.453. The first-order chi connectivity index (χ1) is 13.1. The van der Waals surface area contributed by atoms with Gasteiger partial charge in [-0.15, -0.1) is 0 Å². The maximum Gasteiger partial charge on any atom is 0.134 e. The van der Waals surface area contributed by atoms with Crippen LogP contribution in [0.25, 0.3) is 0 Å². The van der Waals surface area contributed by atoms with Gasteiger partial charge in [-0.1, -0.05) is 97.8 Å². The molecule has 0 rings (SSSR count). The molecule has 0 aromatic rings. The van der Waals surface area contributed by atoms with Crippen LogP contribution in [-0.2, 0) is 4.74 Å². The van der Waals surface area contributed by atoms with Gasteiger partial charge in [-0.05, 0) is 38.6 Å². The van der Waals surface area contributed by atoms with Crippen molar-refractivity contribution >= 4 is 0 Å². The molecular formula is C24H51NO2. The summed E-state index contributed by atoms with van der Waals surface area (Å²) in [6.45, 7) is 10.3. The van der Waals surface area contributed by atoms with Crippen molar-refractivity contribution in [3.05, 3.63) is 0 Å². The Bertz CT molecular complexity index is 284. The molecule has 0 saturated heterocycles. The monoisotopic (exact) mass is 385 g/mol. The normalized spacial score (nSPS) is 15.0. The number of unbranched alkanes of at least 4 members (excludes halogenated alkanes) is 11. The molecule has 3 atom stereocenters. The van der Waals surface area contributed by atoms with Gasteiger partial charge < -0.3 is 9.84 Å². The maximum atomic E-state index is 9.87. The molecule has 0 spiro atoms. The lowest BCUT2D eigenvalue weighted by atomic mass is 10.0. The SMILES string of the molecule is CCCCCCCCCCCCCCNC(OCCCC(C)CC)C(C)O. The van der Waals surface area contributed by atoms with Crippen LogP contribution in [0.2, 0.25) is 0 Å². The second-order valence-corrected chi connectivity index (χ2v) is 8.53. The van der Waals surface area contributed by atoms with Gasteiger partial charge in [0, 0.05) is 6.61 Å². The highest BCUT2D eigenvalue weighted by Gasteiger charge is 2.14. The summed E-state index contributed by atoms with van der Waals surface area (Å²) in [4.78, 5) is 0. The molecule has 0 fully saturated rings. The van der Waals surface area contributed by atoms with Crippen molar-refractivity contribution in [3.8, 4) is 0 Å². The van der Waals surface area contributed by atoms with Crippen LogP contribution in [0.3, 0.4) is 0 Å². The fourth-order valence-corrected chi connectivity index (χ4v) is 3.43. The van der Waals surface area contributed by atoms with Gasteiger partial charge in [-0.3, -0.25) is 5.32 Å². The zero-order chi connectivity index (χ0) is 20.2. The first-order valence-corrected chi connectivity index (χ1v) is 12.1. The van der Waals surface area contributed by atoms with E-state index in [1.54, 1.807) is 0 Å². The van der Waals surface area contributed by atoms with Gasteiger partial charge in [0.25, 0.3) is 0 Å². The molecule has 3 nitrogen and oxygen atoms in total. The highest BCUT2D eigenvalue weighted by molar-refractivity contribution is 4.63. The van der Waals surface area contributed by atoms with Gasteiger partial charge in [-0.2, -0.15) is 0 Å². The fraction of sp³-hybridized carbons (Fsp3) is 1.00. The second kappa shape index (κ2) is 20.6. The highest BCUT2D eigenvalue weighted by Crippen LogP contribution is 2.12. The fourth-order valence-electron chi connectivity index (χ4n) is 3.43. The van der Waals surface area contributed by atoms with Crippen LogP contribution in [0.15, 0.2) is 0 Å². The molecule has 2 N–H and O–H groups in total. The molecular weight excluding hydrogens is 334 g/mol. The smallest absolute Gasteiger partial charge is 0.134 e. The Morgan fingerprint density at radius 1 is 0.741 bits per heavy atom. The van der Waals surface area contributed by atoms with E-state index in [-0.39, 0.29) is 6.23 Å². The molecule has 0 radical (unpaired) electrons. The van der Waals surface area contributed by atoms with Crippen LogP contribution in [0.4, 0.5) is 0 Å². The number of hydrogen-bond donors (Lipinski definition) is 2. The molecule has 0 heterocycles. The van der Waals surface area contributed by atoms with Crippen molar-refractivity contribution in [2.75, 3.05) is 13.2 Å². The molecule has 0 saturated carbocycles. The summed E-state index contributed by atoms with van der Waals surface area (Å²) in [6, 6.07) is 0. The third kappa shape index (κ3) is 19.0. The predicted molar refractivity (Wildman–Crippen MR) is 119 cm³/mol. The van der Waals surface area contributed by atoms with Crippen LogP contribution >= 0.6 is 0 Å². The van der Waals surface area contributed by atoms with E-state index in [0.29, 0.717) is 0 Å². The lowest BCUT2D eigenvalue weighted by Crippen LogP contribution is -2.41. The third-order valence-electron chi connectivity index (χ3n) is 5.65. The molecule has 3 unspecified atom stereocenters. The van der Waals surface area contributed by atoms with E-state index < -0.39 is 6.10 Å². The van der Waals surface area contributed by atoms with Crippen molar-refractivity contribution < 1.29 is 9.84 Å². The Kier molecular flexibility index (Phi) is 20.5. The summed E-state index contributed by atoms with van der Waals surface area (Å²) < 4.78 is 5.84. The highest BCUT2D eigenvalue weighted by atomic mass is 16.5. The van der Waals surface area contributed by atoms with Gasteiger partial charge in [-0.25, -0.2) is 0 Å². The van der Waals surface area contributed by atoms with E-state index in [4.69, 9.17) is 4.74 Å². The zero-order valence-corrected chi connectivity index (χ0v) is 19.1. The number of ether oxygens (including phenoxy) is 1. The van der Waals surface area contributed by atoms with Crippen LogP contribution in [0.1, 0.15) is 124 Å². The standard InChI is InChI=1S/C24H51NO2/c1-5-7-8-9-10-11-12-13-14-15-16-17-20-25-24(23(4)26)27-21-18-19-22(3)6-2/h22-26H,5-21H2,1-4H3. The predicted octanol–water partition coefficient (Wildman–Crippen LogP) is 6.83. The number of aliphatic hydroxyl groups is 1. The van der Waals surface area contributed by atoms with E-state index >= 15 is 0 Å². The molecule has 0 aromatic heterocycles. The zero-order valence-electron chi connectivity index (χ0n) is 19.1. The lowest BCUT2D eigenvalue weighted by Gasteiger charge is -2.22. The minimum absolute atomic E-state index is 0.213. The third-order valence-corrected chi connectivity index (χ3v) is 5.65. The van der Waals surface area contributed by atoms with Gasteiger partial charge in [0.05, 0.1) is 6.10 Å². The van der Waals surface area contributed by atoms with E-state index in [9.17, 15) is 5.11 Å². The van der Waals surface area contributed by atoms with E-state index in [1.807, 2.05) is 6.92 Å². The van der Waals surface area contributed by atoms with Gasteiger partial charge in [0.15, 0.2) is 0 Å². The Morgan fingerprint density at radius 3 is 1.74 bits per heavy atom. The quantitative estimate of drug-likeness (QED) is 0.168. The van der Waals surface area contributed by atoms with Gasteiger partial charge in [0.2, 0.25) is 0 Å². The lowest BCUT2D eigenvalue weighted by molar-refractivity contribution is -0.0499. The summed E-state index contributed by atoms with van der Waals surface area (Å²) in [5, 5.41) is 13.3. The van der Waals surface area contributed by atoms with Crippen molar-refractivity contribution in [2.24, 2.45) is 5.92 Å². The number of hydrogen-bond acceptors (Lipinski definition) is 3. The Labute approximate surface area is 171 Å². The van der Waals surface area contributed by atoms with Crippen LogP contribution in [0, 0.1) is 5.92 Å². The maximum absolute atomic E-state index is 9.87. The van der Waals surface area contributed by atoms with Crippen molar-refractivity contribution in [1.82, 2.24) is 5.32 Å². The average molecular weight is 386 g/mol. The van der Waals surface area contributed by atoms with Gasteiger partial charge >= 0.3 is 0 Å². The summed E-state index contributed by atoms with van der Waals surface area (Å²) in [5.74, 6) is 0.771. The van der Waals surface area contributed by atoms with Crippen molar-refractivity contribution in [1.29, 1.82) is 0 Å². The number of nitrogens with one attached hydrogen (secondary N) is 1. The summed E-state index contributed by atoms with van der Waals surface area (Å²) in [6.07, 6.45) is 19.3. The minimum Gasteiger partial charge on any atom is -0.389 e. The summed E-state index contributed by atoms with van der Waals surface area (Å²) in [5.41, 5.74) is 0. The van der Waals surface area contributed by atoms with Crippen molar-refractivity contribution in [2.45, 2.75) is 136 Å². The average Bonchev–Trinajstić information content (AvgIpc) is 2.66. The molecule has 0 aliphatic rings. The number of aliphatic hydroxyl groups excluding tert-OH is 1. The topological polar surface area (TPSA) is 41.5 Å². The largest absolute Gasteiger partial charge is 0.389 e. The molecule has 0 aromatic carbocycles. The second-order valence-electron chi connectivity index (χ2n) is 8.53. The molecule has 3 heteroatoms. The molecule has 164 valence electrons. The Morgan fingerprint density at radius 2 is 1.26 bits per heavy atom. The summed E-state index contributed by atoms with van der Waals surface area (Å²) in [7, 11) is 0. The molecule has 0 aliphatic carbocycles. The molecule has 0 aliphatic heterocycles. The van der Waals surface area contributed by atoms with E-state index in [1.165, 1.54) is 89.9 Å². The molecule has 0 amide bonds.